The average Bonchev–Trinajstić information content (AvgIpc) is 3.16. The third kappa shape index (κ3) is 7.25. The van der Waals surface area contributed by atoms with Crippen LogP contribution in [0, 0.1) is 6.92 Å². The SMILES string of the molecule is CCC=C(CCC1CCCCO1)NCC.COc1nc(C)nc2c1ncn2CCO. The van der Waals surface area contributed by atoms with Crippen LogP contribution in [-0.2, 0) is 11.3 Å². The second-order valence-electron chi connectivity index (χ2n) is 7.31. The van der Waals surface area contributed by atoms with Crippen LogP contribution in [0.5, 0.6) is 5.88 Å². The summed E-state index contributed by atoms with van der Waals surface area (Å²) in [7, 11) is 1.55. The van der Waals surface area contributed by atoms with Crippen LogP contribution in [0.4, 0.5) is 0 Å². The number of fused-ring (bicyclic) bond motifs is 1. The smallest absolute Gasteiger partial charge is 0.245 e. The van der Waals surface area contributed by atoms with Crippen molar-refractivity contribution in [1.29, 1.82) is 0 Å². The highest BCUT2D eigenvalue weighted by Crippen LogP contribution is 2.20. The lowest BCUT2D eigenvalue weighted by atomic mass is 10.0. The van der Waals surface area contributed by atoms with Crippen molar-refractivity contribution >= 4 is 11.2 Å². The molecular weight excluding hydrogens is 382 g/mol. The fraction of sp³-hybridized carbons (Fsp3) is 0.682. The molecule has 0 saturated carbocycles. The Kier molecular flexibility index (Phi) is 10.6. The zero-order valence-electron chi connectivity index (χ0n) is 18.9. The van der Waals surface area contributed by atoms with Gasteiger partial charge in [-0.1, -0.05) is 13.0 Å². The van der Waals surface area contributed by atoms with Crippen LogP contribution in [0.25, 0.3) is 11.2 Å². The lowest BCUT2D eigenvalue weighted by molar-refractivity contribution is 0.0113. The van der Waals surface area contributed by atoms with Crippen molar-refractivity contribution in [2.45, 2.75) is 71.9 Å². The van der Waals surface area contributed by atoms with Gasteiger partial charge in [-0.25, -0.2) is 9.97 Å². The molecule has 0 aromatic carbocycles. The normalized spacial score (nSPS) is 16.8. The summed E-state index contributed by atoms with van der Waals surface area (Å²) in [6.45, 7) is 8.65. The van der Waals surface area contributed by atoms with Crippen molar-refractivity contribution in [2.75, 3.05) is 26.9 Å². The molecule has 8 nitrogen and oxygen atoms in total. The van der Waals surface area contributed by atoms with E-state index in [2.05, 4.69) is 40.2 Å². The van der Waals surface area contributed by atoms with Gasteiger partial charge in [0.1, 0.15) is 5.82 Å². The number of allylic oxidation sites excluding steroid dienone is 2. The molecule has 3 rings (SSSR count). The monoisotopic (exact) mass is 419 g/mol. The summed E-state index contributed by atoms with van der Waals surface area (Å²) in [6.07, 6.45) is 11.7. The molecule has 30 heavy (non-hydrogen) atoms. The van der Waals surface area contributed by atoms with Crippen LogP contribution in [0.15, 0.2) is 18.1 Å². The number of methoxy groups -OCH3 is 1. The number of aryl methyl sites for hydroxylation is 1. The molecule has 1 aliphatic rings. The van der Waals surface area contributed by atoms with Gasteiger partial charge in [0, 0.05) is 25.4 Å². The summed E-state index contributed by atoms with van der Waals surface area (Å²) in [6, 6.07) is 0. The van der Waals surface area contributed by atoms with Gasteiger partial charge in [0.2, 0.25) is 5.88 Å². The van der Waals surface area contributed by atoms with Crippen molar-refractivity contribution in [1.82, 2.24) is 24.8 Å². The summed E-state index contributed by atoms with van der Waals surface area (Å²) < 4.78 is 12.6. The van der Waals surface area contributed by atoms with E-state index in [0.29, 0.717) is 35.5 Å². The molecule has 2 aromatic rings. The maximum absolute atomic E-state index is 8.87. The van der Waals surface area contributed by atoms with E-state index in [9.17, 15) is 0 Å². The molecule has 1 fully saturated rings. The maximum atomic E-state index is 8.87. The number of aliphatic hydroxyl groups is 1. The number of rotatable bonds is 9. The molecule has 2 N–H and O–H groups in total. The van der Waals surface area contributed by atoms with Crippen molar-refractivity contribution < 1.29 is 14.6 Å². The second kappa shape index (κ2) is 13.2. The fourth-order valence-electron chi connectivity index (χ4n) is 3.52. The fourth-order valence-corrected chi connectivity index (χ4v) is 3.52. The molecular formula is C22H37N5O3. The quantitative estimate of drug-likeness (QED) is 0.643. The van der Waals surface area contributed by atoms with E-state index in [1.807, 2.05) is 0 Å². The van der Waals surface area contributed by atoms with Crippen molar-refractivity contribution in [2.24, 2.45) is 0 Å². The molecule has 168 valence electrons. The average molecular weight is 420 g/mol. The third-order valence-electron chi connectivity index (χ3n) is 4.94. The van der Waals surface area contributed by atoms with Gasteiger partial charge in [0.15, 0.2) is 11.2 Å². The summed E-state index contributed by atoms with van der Waals surface area (Å²) in [5, 5.41) is 12.3. The van der Waals surface area contributed by atoms with Crippen LogP contribution in [-0.4, -0.2) is 57.6 Å². The Morgan fingerprint density at radius 1 is 1.37 bits per heavy atom. The van der Waals surface area contributed by atoms with Crippen LogP contribution < -0.4 is 10.1 Å². The highest BCUT2D eigenvalue weighted by Gasteiger charge is 2.14. The van der Waals surface area contributed by atoms with Gasteiger partial charge in [-0.3, -0.25) is 0 Å². The number of aromatic nitrogens is 4. The molecule has 8 heteroatoms. The zero-order valence-corrected chi connectivity index (χ0v) is 18.9. The molecule has 3 heterocycles. The molecule has 0 radical (unpaired) electrons. The minimum atomic E-state index is 0.0524. The van der Waals surface area contributed by atoms with E-state index in [-0.39, 0.29) is 6.61 Å². The highest BCUT2D eigenvalue weighted by molar-refractivity contribution is 5.76. The van der Waals surface area contributed by atoms with E-state index in [1.165, 1.54) is 31.4 Å². The molecule has 1 unspecified atom stereocenters. The number of nitrogens with one attached hydrogen (secondary N) is 1. The van der Waals surface area contributed by atoms with Crippen LogP contribution in [0.1, 0.15) is 58.2 Å². The van der Waals surface area contributed by atoms with Gasteiger partial charge in [0.05, 0.1) is 26.1 Å². The van der Waals surface area contributed by atoms with Crippen LogP contribution >= 0.6 is 0 Å². The first-order chi connectivity index (χ1) is 14.6. The Labute approximate surface area is 179 Å². The number of hydrogen-bond donors (Lipinski definition) is 2. The summed E-state index contributed by atoms with van der Waals surface area (Å²) >= 11 is 0. The van der Waals surface area contributed by atoms with Crippen molar-refractivity contribution in [3.8, 4) is 5.88 Å². The van der Waals surface area contributed by atoms with E-state index in [1.54, 1.807) is 24.9 Å². The summed E-state index contributed by atoms with van der Waals surface area (Å²) in [5.74, 6) is 1.09. The lowest BCUT2D eigenvalue weighted by Crippen LogP contribution is -2.21. The minimum absolute atomic E-state index is 0.0524. The first kappa shape index (κ1) is 24.1. The topological polar surface area (TPSA) is 94.3 Å². The molecule has 1 aliphatic heterocycles. The van der Waals surface area contributed by atoms with Gasteiger partial charge >= 0.3 is 0 Å². The third-order valence-corrected chi connectivity index (χ3v) is 4.94. The van der Waals surface area contributed by atoms with Gasteiger partial charge in [-0.15, -0.1) is 0 Å². The molecule has 1 atom stereocenters. The Morgan fingerprint density at radius 2 is 2.20 bits per heavy atom. The first-order valence-corrected chi connectivity index (χ1v) is 11.0. The minimum Gasteiger partial charge on any atom is -0.479 e. The van der Waals surface area contributed by atoms with Crippen LogP contribution in [0.2, 0.25) is 0 Å². The van der Waals surface area contributed by atoms with Gasteiger partial charge in [-0.2, -0.15) is 4.98 Å². The van der Waals surface area contributed by atoms with Crippen molar-refractivity contribution in [3.63, 3.8) is 0 Å². The van der Waals surface area contributed by atoms with Gasteiger partial charge < -0.3 is 24.5 Å². The molecule has 0 aliphatic carbocycles. The molecule has 2 aromatic heterocycles. The summed E-state index contributed by atoms with van der Waals surface area (Å²) in [5.41, 5.74) is 2.71. The van der Waals surface area contributed by atoms with Crippen LogP contribution in [0.3, 0.4) is 0 Å². The summed E-state index contributed by atoms with van der Waals surface area (Å²) in [4.78, 5) is 12.5. The molecule has 1 saturated heterocycles. The number of nitrogens with zero attached hydrogens (tertiary/aromatic N) is 4. The lowest BCUT2D eigenvalue weighted by Gasteiger charge is -2.23. The predicted molar refractivity (Wildman–Crippen MR) is 119 cm³/mol. The number of hydrogen-bond acceptors (Lipinski definition) is 7. The molecule has 0 amide bonds. The Hall–Kier alpha value is -2.19. The standard InChI is InChI=1S/C13H25NO.C9H12N4O2/c1-3-7-12(14-4-2)9-10-13-8-5-6-11-15-13;1-6-11-8-7(9(12-6)15-2)10-5-13(8)3-4-14/h7,13-14H,3-6,8-11H2,1-2H3;5,14H,3-4H2,1-2H3. The number of ether oxygens (including phenoxy) is 2. The first-order valence-electron chi connectivity index (χ1n) is 11.0. The highest BCUT2D eigenvalue weighted by atomic mass is 16.5. The van der Waals surface area contributed by atoms with Gasteiger partial charge in [0.25, 0.3) is 0 Å². The Bertz CT molecular complexity index is 784. The van der Waals surface area contributed by atoms with E-state index in [0.717, 1.165) is 26.0 Å². The van der Waals surface area contributed by atoms with Crippen molar-refractivity contribution in [3.05, 3.63) is 23.9 Å². The Morgan fingerprint density at radius 3 is 2.83 bits per heavy atom. The molecule has 0 bridgehead atoms. The largest absolute Gasteiger partial charge is 0.479 e. The Balaban J connectivity index is 0.000000214. The number of imidazole rings is 1. The molecule has 0 spiro atoms. The van der Waals surface area contributed by atoms with Gasteiger partial charge in [-0.05, 0) is 52.4 Å². The van der Waals surface area contributed by atoms with E-state index >= 15 is 0 Å². The zero-order chi connectivity index (χ0) is 21.8. The maximum Gasteiger partial charge on any atom is 0.245 e. The van der Waals surface area contributed by atoms with E-state index in [4.69, 9.17) is 14.6 Å². The number of aliphatic hydroxyl groups excluding tert-OH is 1. The predicted octanol–water partition coefficient (Wildman–Crippen LogP) is 3.37. The second-order valence-corrected chi connectivity index (χ2v) is 7.31. The van der Waals surface area contributed by atoms with E-state index < -0.39 is 0 Å².